The van der Waals surface area contributed by atoms with Gasteiger partial charge in [0, 0.05) is 23.6 Å². The van der Waals surface area contributed by atoms with E-state index in [1.165, 1.54) is 16.5 Å². The summed E-state index contributed by atoms with van der Waals surface area (Å²) in [5.74, 6) is 0.0107. The van der Waals surface area contributed by atoms with Crippen LogP contribution in [-0.4, -0.2) is 23.0 Å². The zero-order valence-electron chi connectivity index (χ0n) is 12.5. The lowest BCUT2D eigenvalue weighted by Gasteiger charge is -2.22. The number of carbonyl (C=O) groups is 1. The minimum Gasteiger partial charge on any atom is -0.361 e. The number of rotatable bonds is 4. The van der Waals surface area contributed by atoms with E-state index in [1.54, 1.807) is 0 Å². The van der Waals surface area contributed by atoms with Gasteiger partial charge >= 0.3 is 0 Å². The summed E-state index contributed by atoms with van der Waals surface area (Å²) in [6.07, 6.45) is 6.61. The number of nitrogens with two attached hydrogens (primary N) is 1. The van der Waals surface area contributed by atoms with Gasteiger partial charge in [-0.1, -0.05) is 25.0 Å². The van der Waals surface area contributed by atoms with Gasteiger partial charge in [-0.3, -0.25) is 4.79 Å². The van der Waals surface area contributed by atoms with Crippen molar-refractivity contribution in [3.8, 4) is 0 Å². The maximum Gasteiger partial charge on any atom is 0.240 e. The molecule has 0 aliphatic heterocycles. The van der Waals surface area contributed by atoms with Gasteiger partial charge in [-0.05, 0) is 43.4 Å². The van der Waals surface area contributed by atoms with Crippen LogP contribution in [0.15, 0.2) is 24.4 Å². The molecule has 21 heavy (non-hydrogen) atoms. The van der Waals surface area contributed by atoms with Crippen LogP contribution >= 0.6 is 0 Å². The highest BCUT2D eigenvalue weighted by Gasteiger charge is 2.36. The fraction of sp³-hybridized carbons (Fsp3) is 0.471. The molecule has 0 unspecified atom stereocenters. The van der Waals surface area contributed by atoms with Crippen molar-refractivity contribution in [2.24, 2.45) is 5.73 Å². The Kier molecular flexibility index (Phi) is 3.72. The molecule has 1 aromatic carbocycles. The van der Waals surface area contributed by atoms with Crippen LogP contribution in [0.25, 0.3) is 10.9 Å². The summed E-state index contributed by atoms with van der Waals surface area (Å²) in [5.41, 5.74) is 9.20. The highest BCUT2D eigenvalue weighted by Crippen LogP contribution is 2.27. The van der Waals surface area contributed by atoms with Crippen LogP contribution in [0.4, 0.5) is 0 Å². The van der Waals surface area contributed by atoms with Gasteiger partial charge in [0.2, 0.25) is 5.91 Å². The largest absolute Gasteiger partial charge is 0.361 e. The minimum absolute atomic E-state index is 0.0107. The average molecular weight is 285 g/mol. The van der Waals surface area contributed by atoms with Crippen molar-refractivity contribution in [1.29, 1.82) is 0 Å². The highest BCUT2D eigenvalue weighted by atomic mass is 16.2. The zero-order valence-corrected chi connectivity index (χ0v) is 12.5. The van der Waals surface area contributed by atoms with Crippen molar-refractivity contribution in [3.05, 3.63) is 35.5 Å². The van der Waals surface area contributed by atoms with Gasteiger partial charge in [-0.2, -0.15) is 0 Å². The summed E-state index contributed by atoms with van der Waals surface area (Å²) in [7, 11) is 0. The normalized spacial score (nSPS) is 17.2. The lowest BCUT2D eigenvalue weighted by molar-refractivity contribution is -0.126. The molecule has 0 saturated heterocycles. The Morgan fingerprint density at radius 2 is 2.14 bits per heavy atom. The van der Waals surface area contributed by atoms with E-state index in [1.807, 2.05) is 6.20 Å². The molecule has 1 saturated carbocycles. The van der Waals surface area contributed by atoms with Crippen molar-refractivity contribution < 1.29 is 4.79 Å². The minimum atomic E-state index is -0.629. The summed E-state index contributed by atoms with van der Waals surface area (Å²) in [6.45, 7) is 2.75. The van der Waals surface area contributed by atoms with E-state index in [9.17, 15) is 4.79 Å². The smallest absolute Gasteiger partial charge is 0.240 e. The number of aromatic amines is 1. The first-order valence-electron chi connectivity index (χ1n) is 7.73. The molecule has 1 heterocycles. The summed E-state index contributed by atoms with van der Waals surface area (Å²) >= 11 is 0. The summed E-state index contributed by atoms with van der Waals surface area (Å²) in [6, 6.07) is 6.25. The Balaban J connectivity index is 1.63. The second-order valence-corrected chi connectivity index (χ2v) is 6.18. The van der Waals surface area contributed by atoms with Gasteiger partial charge in [-0.25, -0.2) is 0 Å². The third-order valence-electron chi connectivity index (χ3n) is 4.62. The van der Waals surface area contributed by atoms with Gasteiger partial charge in [0.25, 0.3) is 0 Å². The number of aromatic nitrogens is 1. The number of amides is 1. The number of hydrogen-bond acceptors (Lipinski definition) is 2. The molecule has 3 rings (SSSR count). The summed E-state index contributed by atoms with van der Waals surface area (Å²) in [4.78, 5) is 15.5. The monoisotopic (exact) mass is 285 g/mol. The van der Waals surface area contributed by atoms with Crippen LogP contribution in [0.2, 0.25) is 0 Å². The predicted molar refractivity (Wildman–Crippen MR) is 85.1 cm³/mol. The summed E-state index contributed by atoms with van der Waals surface area (Å²) < 4.78 is 0. The fourth-order valence-corrected chi connectivity index (χ4v) is 3.37. The molecule has 1 amide bonds. The van der Waals surface area contributed by atoms with E-state index >= 15 is 0 Å². The van der Waals surface area contributed by atoms with Crippen molar-refractivity contribution in [3.63, 3.8) is 0 Å². The number of aryl methyl sites for hydroxylation is 1. The molecule has 4 N–H and O–H groups in total. The molecule has 1 aliphatic rings. The molecule has 112 valence electrons. The Morgan fingerprint density at radius 3 is 2.90 bits per heavy atom. The Bertz CT molecular complexity index is 653. The van der Waals surface area contributed by atoms with Crippen LogP contribution < -0.4 is 11.1 Å². The number of benzene rings is 1. The maximum absolute atomic E-state index is 12.2. The Labute approximate surface area is 125 Å². The number of fused-ring (bicyclic) bond motifs is 1. The molecule has 2 aromatic rings. The molecule has 1 fully saturated rings. The molecule has 0 bridgehead atoms. The zero-order chi connectivity index (χ0) is 14.9. The summed E-state index contributed by atoms with van der Waals surface area (Å²) in [5, 5.41) is 4.28. The quantitative estimate of drug-likeness (QED) is 0.807. The maximum atomic E-state index is 12.2. The fourth-order valence-electron chi connectivity index (χ4n) is 3.37. The number of H-pyrrole nitrogens is 1. The van der Waals surface area contributed by atoms with Crippen LogP contribution in [0.3, 0.4) is 0 Å². The molecule has 1 aromatic heterocycles. The first kappa shape index (κ1) is 14.1. The van der Waals surface area contributed by atoms with Crippen LogP contribution in [0, 0.1) is 6.92 Å². The Morgan fingerprint density at radius 1 is 1.38 bits per heavy atom. The van der Waals surface area contributed by atoms with E-state index in [0.717, 1.165) is 37.6 Å². The van der Waals surface area contributed by atoms with E-state index in [4.69, 9.17) is 5.73 Å². The van der Waals surface area contributed by atoms with Crippen LogP contribution in [0.1, 0.15) is 36.8 Å². The first-order chi connectivity index (χ1) is 10.1. The average Bonchev–Trinajstić information content (AvgIpc) is 3.07. The van der Waals surface area contributed by atoms with Crippen LogP contribution in [0.5, 0.6) is 0 Å². The predicted octanol–water partition coefficient (Wildman–Crippen LogP) is 2.41. The van der Waals surface area contributed by atoms with Crippen molar-refractivity contribution >= 4 is 16.8 Å². The second-order valence-electron chi connectivity index (χ2n) is 6.18. The van der Waals surface area contributed by atoms with Gasteiger partial charge < -0.3 is 16.0 Å². The van der Waals surface area contributed by atoms with E-state index in [0.29, 0.717) is 6.54 Å². The lowest BCUT2D eigenvalue weighted by atomic mass is 9.98. The Hall–Kier alpha value is -1.81. The topological polar surface area (TPSA) is 70.9 Å². The number of carbonyl (C=O) groups excluding carboxylic acids is 1. The molecular weight excluding hydrogens is 262 g/mol. The lowest BCUT2D eigenvalue weighted by Crippen LogP contribution is -2.52. The van der Waals surface area contributed by atoms with E-state index in [2.05, 4.69) is 35.4 Å². The van der Waals surface area contributed by atoms with Gasteiger partial charge in [0.15, 0.2) is 0 Å². The molecule has 0 radical (unpaired) electrons. The van der Waals surface area contributed by atoms with Gasteiger partial charge in [0.1, 0.15) is 0 Å². The second kappa shape index (κ2) is 5.53. The molecular formula is C17H23N3O. The SMILES string of the molecule is Cc1cccc2[nH]cc(CCNC(=O)C3(N)CCCC3)c12. The third-order valence-corrected chi connectivity index (χ3v) is 4.62. The first-order valence-corrected chi connectivity index (χ1v) is 7.73. The standard InChI is InChI=1S/C17H23N3O/c1-12-5-4-6-14-15(12)13(11-20-14)7-10-19-16(21)17(18)8-2-3-9-17/h4-6,11,20H,2-3,7-10,18H2,1H3,(H,19,21). The highest BCUT2D eigenvalue weighted by molar-refractivity contribution is 5.87. The van der Waals surface area contributed by atoms with Crippen molar-refractivity contribution in [2.45, 2.75) is 44.6 Å². The van der Waals surface area contributed by atoms with E-state index in [-0.39, 0.29) is 5.91 Å². The molecule has 1 aliphatic carbocycles. The molecule has 4 nitrogen and oxygen atoms in total. The van der Waals surface area contributed by atoms with Gasteiger partial charge in [0.05, 0.1) is 5.54 Å². The molecule has 4 heteroatoms. The van der Waals surface area contributed by atoms with Crippen LogP contribution in [-0.2, 0) is 11.2 Å². The number of hydrogen-bond donors (Lipinski definition) is 3. The third kappa shape index (κ3) is 2.68. The molecule has 0 spiro atoms. The number of nitrogens with one attached hydrogen (secondary N) is 2. The van der Waals surface area contributed by atoms with Gasteiger partial charge in [-0.15, -0.1) is 0 Å². The van der Waals surface area contributed by atoms with E-state index < -0.39 is 5.54 Å². The molecule has 0 atom stereocenters. The van der Waals surface area contributed by atoms with Crippen molar-refractivity contribution in [1.82, 2.24) is 10.3 Å². The van der Waals surface area contributed by atoms with Crippen molar-refractivity contribution in [2.75, 3.05) is 6.54 Å².